The third-order valence-electron chi connectivity index (χ3n) is 10.5. The average Bonchev–Trinajstić information content (AvgIpc) is 3.77. The number of allylic oxidation sites excluding steroid dienone is 1. The summed E-state index contributed by atoms with van der Waals surface area (Å²) in [6, 6.07) is 21.3. The Morgan fingerprint density at radius 3 is 2.45 bits per heavy atom. The molecule has 4 aliphatic rings. The molecule has 5 bridgehead atoms. The Morgan fingerprint density at radius 2 is 1.67 bits per heavy atom. The number of amides is 3. The Kier molecular flexibility index (Phi) is 8.85. The van der Waals surface area contributed by atoms with E-state index in [1.807, 2.05) is 91.9 Å². The summed E-state index contributed by atoms with van der Waals surface area (Å²) >= 11 is 0. The fraction of sp³-hybridized carbons (Fsp3) is 0.385. The van der Waals surface area contributed by atoms with Crippen LogP contribution in [0.1, 0.15) is 37.9 Å². The molecule has 254 valence electrons. The van der Waals surface area contributed by atoms with Gasteiger partial charge in [0, 0.05) is 38.9 Å². The molecule has 4 heterocycles. The maximum atomic E-state index is 15.0. The zero-order chi connectivity index (χ0) is 34.3. The lowest BCUT2D eigenvalue weighted by molar-refractivity contribution is -0.164. The number of benzene rings is 3. The SMILES string of the molecule is C[C@@H]1[C@@H](c2ccccc2)OC(=O)[C@@H]2[C@@H]3C=C[C@]4(O3)[C@H](C(=O)N(c3ccc5ccccc5c3)C/C=C\CCC(=O)N1C)N(CCCO)C(=O)[C@@H]24. The van der Waals surface area contributed by atoms with E-state index in [9.17, 15) is 24.3 Å². The molecule has 0 unspecified atom stereocenters. The topological polar surface area (TPSA) is 117 Å². The molecule has 7 atom stereocenters. The standard InChI is InChI=1S/C39H41N3O7/c1-25-34(27-13-5-3-6-14-27)48-38(47)32-30-19-20-39(49-30)33(32)36(45)42(22-11-23-43)35(39)37(46)41(21-10-4-7-16-31(44)40(25)2)29-18-17-26-12-8-9-15-28(26)24-29/h3-6,8-10,12-15,17-20,24-25,30,32-35,43H,7,11,16,21-23H2,1-2H3/b10-4-/t25-,30+,32-,33-,34+,35+,39-/m1/s1. The molecule has 1 N–H and O–H groups in total. The highest BCUT2D eigenvalue weighted by molar-refractivity contribution is 6.06. The van der Waals surface area contributed by atoms with Crippen molar-refractivity contribution in [3.05, 3.63) is 103 Å². The van der Waals surface area contributed by atoms with Crippen molar-refractivity contribution in [2.75, 3.05) is 31.6 Å². The number of cyclic esters (lactones) is 1. The van der Waals surface area contributed by atoms with Crippen molar-refractivity contribution in [2.24, 2.45) is 11.8 Å². The van der Waals surface area contributed by atoms with Crippen molar-refractivity contribution in [1.82, 2.24) is 9.80 Å². The number of rotatable bonds is 5. The normalized spacial score (nSPS) is 31.0. The van der Waals surface area contributed by atoms with Crippen LogP contribution in [0.3, 0.4) is 0 Å². The monoisotopic (exact) mass is 663 g/mol. The average molecular weight is 664 g/mol. The number of fused-ring (bicyclic) bond motifs is 3. The second-order valence-electron chi connectivity index (χ2n) is 13.3. The van der Waals surface area contributed by atoms with E-state index in [0.29, 0.717) is 12.1 Å². The van der Waals surface area contributed by atoms with E-state index in [1.165, 1.54) is 4.90 Å². The first-order valence-corrected chi connectivity index (χ1v) is 17.0. The highest BCUT2D eigenvalue weighted by Gasteiger charge is 2.73. The number of hydrogen-bond donors (Lipinski definition) is 1. The van der Waals surface area contributed by atoms with Gasteiger partial charge in [-0.15, -0.1) is 0 Å². The molecular formula is C39H41N3O7. The molecule has 1 spiro atoms. The lowest BCUT2D eigenvalue weighted by Crippen LogP contribution is -2.56. The van der Waals surface area contributed by atoms with Crippen molar-refractivity contribution >= 4 is 40.2 Å². The number of anilines is 1. The lowest BCUT2D eigenvalue weighted by Gasteiger charge is -2.36. The van der Waals surface area contributed by atoms with E-state index < -0.39 is 47.7 Å². The first-order chi connectivity index (χ1) is 23.7. The van der Waals surface area contributed by atoms with Crippen molar-refractivity contribution in [1.29, 1.82) is 0 Å². The first-order valence-electron chi connectivity index (χ1n) is 17.0. The van der Waals surface area contributed by atoms with Gasteiger partial charge in [0.1, 0.15) is 23.7 Å². The maximum Gasteiger partial charge on any atom is 0.313 e. The Bertz CT molecular complexity index is 1830. The van der Waals surface area contributed by atoms with E-state index >= 15 is 0 Å². The van der Waals surface area contributed by atoms with E-state index in [4.69, 9.17) is 9.47 Å². The molecule has 0 saturated carbocycles. The molecule has 10 heteroatoms. The number of carbonyl (C=O) groups excluding carboxylic acids is 4. The van der Waals surface area contributed by atoms with Gasteiger partial charge in [0.25, 0.3) is 5.91 Å². The van der Waals surface area contributed by atoms with Gasteiger partial charge in [-0.25, -0.2) is 0 Å². The van der Waals surface area contributed by atoms with E-state index in [0.717, 1.165) is 16.3 Å². The zero-order valence-electron chi connectivity index (χ0n) is 27.7. The third-order valence-corrected chi connectivity index (χ3v) is 10.5. The van der Waals surface area contributed by atoms with Crippen LogP contribution < -0.4 is 4.90 Å². The van der Waals surface area contributed by atoms with Crippen LogP contribution in [0, 0.1) is 11.8 Å². The molecule has 2 saturated heterocycles. The minimum Gasteiger partial charge on any atom is -0.455 e. The maximum absolute atomic E-state index is 15.0. The second kappa shape index (κ2) is 13.2. The van der Waals surface area contributed by atoms with Crippen LogP contribution in [0.4, 0.5) is 5.69 Å². The lowest BCUT2D eigenvalue weighted by atomic mass is 9.74. The van der Waals surface area contributed by atoms with Gasteiger partial charge in [-0.1, -0.05) is 85.0 Å². The van der Waals surface area contributed by atoms with Crippen molar-refractivity contribution in [3.8, 4) is 0 Å². The molecule has 10 nitrogen and oxygen atoms in total. The zero-order valence-corrected chi connectivity index (χ0v) is 27.7. The van der Waals surface area contributed by atoms with E-state index in [1.54, 1.807) is 29.0 Å². The summed E-state index contributed by atoms with van der Waals surface area (Å²) < 4.78 is 12.8. The number of ether oxygens (including phenoxy) is 2. The van der Waals surface area contributed by atoms with Gasteiger partial charge in [0.2, 0.25) is 11.8 Å². The van der Waals surface area contributed by atoms with Crippen LogP contribution in [0.5, 0.6) is 0 Å². The Labute approximate surface area is 285 Å². The number of likely N-dealkylation sites (N-methyl/N-ethyl adjacent to an activating group) is 1. The van der Waals surface area contributed by atoms with Gasteiger partial charge < -0.3 is 29.3 Å². The summed E-state index contributed by atoms with van der Waals surface area (Å²) in [5.41, 5.74) is -0.0363. The van der Waals surface area contributed by atoms with E-state index in [2.05, 4.69) is 0 Å². The van der Waals surface area contributed by atoms with Crippen LogP contribution >= 0.6 is 0 Å². The predicted molar refractivity (Wildman–Crippen MR) is 183 cm³/mol. The van der Waals surface area contributed by atoms with E-state index in [-0.39, 0.29) is 50.3 Å². The minimum atomic E-state index is -1.40. The summed E-state index contributed by atoms with van der Waals surface area (Å²) in [5.74, 6) is -3.48. The second-order valence-corrected chi connectivity index (χ2v) is 13.3. The molecule has 49 heavy (non-hydrogen) atoms. The molecule has 0 radical (unpaired) electrons. The van der Waals surface area contributed by atoms with Gasteiger partial charge in [-0.2, -0.15) is 0 Å². The highest BCUT2D eigenvalue weighted by Crippen LogP contribution is 2.56. The van der Waals surface area contributed by atoms with Gasteiger partial charge >= 0.3 is 5.97 Å². The van der Waals surface area contributed by atoms with Crippen molar-refractivity contribution < 1.29 is 33.8 Å². The predicted octanol–water partition coefficient (Wildman–Crippen LogP) is 4.19. The smallest absolute Gasteiger partial charge is 0.313 e. The number of aliphatic hydroxyl groups excluding tert-OH is 1. The quantitative estimate of drug-likeness (QED) is 0.322. The molecule has 2 fully saturated rings. The molecule has 3 aromatic carbocycles. The summed E-state index contributed by atoms with van der Waals surface area (Å²) in [6.45, 7) is 1.98. The number of likely N-dealkylation sites (tertiary alicyclic amines) is 1. The minimum absolute atomic E-state index is 0.111. The molecule has 3 aromatic rings. The van der Waals surface area contributed by atoms with Crippen LogP contribution in [-0.2, 0) is 28.7 Å². The number of carbonyl (C=O) groups is 4. The first kappa shape index (κ1) is 32.7. The number of hydrogen-bond acceptors (Lipinski definition) is 7. The van der Waals surface area contributed by atoms with Gasteiger partial charge in [-0.05, 0) is 48.2 Å². The Balaban J connectivity index is 1.33. The van der Waals surface area contributed by atoms with Crippen LogP contribution in [0.15, 0.2) is 97.1 Å². The fourth-order valence-corrected chi connectivity index (χ4v) is 7.92. The fourth-order valence-electron chi connectivity index (χ4n) is 7.92. The summed E-state index contributed by atoms with van der Waals surface area (Å²) in [5, 5.41) is 11.8. The Hall–Kier alpha value is -4.80. The molecule has 0 aromatic heterocycles. The van der Waals surface area contributed by atoms with Crippen LogP contribution in [0.2, 0.25) is 0 Å². The van der Waals surface area contributed by atoms with Crippen LogP contribution in [-0.4, -0.2) is 89.1 Å². The molecule has 0 aliphatic carbocycles. The molecular weight excluding hydrogens is 622 g/mol. The van der Waals surface area contributed by atoms with Crippen molar-refractivity contribution in [3.63, 3.8) is 0 Å². The van der Waals surface area contributed by atoms with Gasteiger partial charge in [-0.3, -0.25) is 19.2 Å². The third kappa shape index (κ3) is 5.62. The van der Waals surface area contributed by atoms with Crippen molar-refractivity contribution in [2.45, 2.75) is 56.1 Å². The van der Waals surface area contributed by atoms with Gasteiger partial charge in [0.15, 0.2) is 0 Å². The summed E-state index contributed by atoms with van der Waals surface area (Å²) in [4.78, 5) is 61.8. The summed E-state index contributed by atoms with van der Waals surface area (Å²) in [6.07, 6.45) is 6.65. The van der Waals surface area contributed by atoms with Gasteiger partial charge in [0.05, 0.1) is 18.1 Å². The molecule has 3 amide bonds. The number of esters is 1. The Morgan fingerprint density at radius 1 is 0.918 bits per heavy atom. The highest BCUT2D eigenvalue weighted by atomic mass is 16.6. The number of nitrogens with zero attached hydrogens (tertiary/aromatic N) is 3. The summed E-state index contributed by atoms with van der Waals surface area (Å²) in [7, 11) is 1.71. The largest absolute Gasteiger partial charge is 0.455 e. The number of aliphatic hydroxyl groups is 1. The van der Waals surface area contributed by atoms with Crippen LogP contribution in [0.25, 0.3) is 10.8 Å². The molecule has 4 aliphatic heterocycles. The molecule has 7 rings (SSSR count).